The fourth-order valence-electron chi connectivity index (χ4n) is 2.42. The fourth-order valence-corrected chi connectivity index (χ4v) is 2.87. The van der Waals surface area contributed by atoms with E-state index in [1.165, 1.54) is 0 Å². The maximum absolute atomic E-state index is 5.92. The highest BCUT2D eigenvalue weighted by molar-refractivity contribution is 9.10. The third kappa shape index (κ3) is 2.18. The van der Waals surface area contributed by atoms with Crippen molar-refractivity contribution in [3.63, 3.8) is 0 Å². The fraction of sp³-hybridized carbons (Fsp3) is 0.667. The van der Waals surface area contributed by atoms with Crippen LogP contribution in [0, 0.1) is 0 Å². The summed E-state index contributed by atoms with van der Waals surface area (Å²) < 4.78 is 6.50. The predicted molar refractivity (Wildman–Crippen MR) is 70.7 cm³/mol. The highest BCUT2D eigenvalue weighted by Gasteiger charge is 2.39. The maximum atomic E-state index is 5.92. The molecule has 0 amide bonds. The summed E-state index contributed by atoms with van der Waals surface area (Å²) in [4.78, 5) is 9.01. The molecule has 0 atom stereocenters. The lowest BCUT2D eigenvalue weighted by molar-refractivity contribution is -0.0163. The first-order valence-corrected chi connectivity index (χ1v) is 6.80. The van der Waals surface area contributed by atoms with Gasteiger partial charge in [0.15, 0.2) is 5.82 Å². The van der Waals surface area contributed by atoms with Crippen LogP contribution >= 0.6 is 15.9 Å². The summed E-state index contributed by atoms with van der Waals surface area (Å²) in [5.41, 5.74) is 6.56. The molecule has 0 saturated heterocycles. The average molecular weight is 300 g/mol. The van der Waals surface area contributed by atoms with Crippen molar-refractivity contribution in [2.75, 3.05) is 12.8 Å². The topological polar surface area (TPSA) is 61.0 Å². The molecule has 1 fully saturated rings. The zero-order chi connectivity index (χ0) is 12.5. The van der Waals surface area contributed by atoms with E-state index < -0.39 is 0 Å². The Labute approximate surface area is 110 Å². The Balaban J connectivity index is 2.48. The average Bonchev–Trinajstić information content (AvgIpc) is 2.82. The first-order valence-electron chi connectivity index (χ1n) is 6.00. The number of hydrogen-bond acceptors (Lipinski definition) is 4. The van der Waals surface area contributed by atoms with Crippen LogP contribution < -0.4 is 5.73 Å². The number of methoxy groups -OCH3 is 1. The van der Waals surface area contributed by atoms with Crippen LogP contribution in [0.2, 0.25) is 0 Å². The van der Waals surface area contributed by atoms with E-state index >= 15 is 0 Å². The molecule has 0 radical (unpaired) electrons. The van der Waals surface area contributed by atoms with Crippen LogP contribution in [-0.4, -0.2) is 17.1 Å². The van der Waals surface area contributed by atoms with E-state index in [1.54, 1.807) is 7.11 Å². The van der Waals surface area contributed by atoms with Gasteiger partial charge in [0.2, 0.25) is 0 Å². The van der Waals surface area contributed by atoms with Crippen molar-refractivity contribution in [2.24, 2.45) is 0 Å². The van der Waals surface area contributed by atoms with Crippen molar-refractivity contribution in [3.8, 4) is 0 Å². The quantitative estimate of drug-likeness (QED) is 0.932. The molecule has 2 N–H and O–H groups in total. The minimum Gasteiger partial charge on any atom is -0.383 e. The Morgan fingerprint density at radius 3 is 2.53 bits per heavy atom. The van der Waals surface area contributed by atoms with E-state index in [-0.39, 0.29) is 5.60 Å². The number of anilines is 1. The van der Waals surface area contributed by atoms with Gasteiger partial charge in [0, 0.05) is 7.11 Å². The van der Waals surface area contributed by atoms with Gasteiger partial charge < -0.3 is 10.5 Å². The first-order chi connectivity index (χ1) is 8.13. The molecule has 1 aliphatic rings. The zero-order valence-electron chi connectivity index (χ0n) is 10.3. The predicted octanol–water partition coefficient (Wildman–Crippen LogP) is 2.80. The zero-order valence-corrected chi connectivity index (χ0v) is 11.9. The highest BCUT2D eigenvalue weighted by Crippen LogP contribution is 2.41. The summed E-state index contributed by atoms with van der Waals surface area (Å²) in [5.74, 6) is 1.25. The van der Waals surface area contributed by atoms with Gasteiger partial charge >= 0.3 is 0 Å². The van der Waals surface area contributed by atoms with E-state index in [1.807, 2.05) is 0 Å². The van der Waals surface area contributed by atoms with Crippen molar-refractivity contribution in [2.45, 2.75) is 44.6 Å². The third-order valence-electron chi connectivity index (χ3n) is 3.49. The lowest BCUT2D eigenvalue weighted by atomic mass is 10.0. The van der Waals surface area contributed by atoms with Crippen molar-refractivity contribution >= 4 is 21.7 Å². The minimum absolute atomic E-state index is 0.321. The molecule has 17 heavy (non-hydrogen) atoms. The molecule has 0 aromatic carbocycles. The van der Waals surface area contributed by atoms with Crippen LogP contribution in [0.5, 0.6) is 0 Å². The molecule has 1 aliphatic carbocycles. The van der Waals surface area contributed by atoms with E-state index in [9.17, 15) is 0 Å². The highest BCUT2D eigenvalue weighted by atomic mass is 79.9. The number of nitrogen functional groups attached to an aromatic ring is 1. The second kappa shape index (κ2) is 4.90. The number of ether oxygens (including phenoxy) is 1. The van der Waals surface area contributed by atoms with Gasteiger partial charge in [-0.05, 0) is 48.0 Å². The van der Waals surface area contributed by atoms with Crippen LogP contribution in [0.4, 0.5) is 5.82 Å². The number of nitrogens with zero attached hydrogens (tertiary/aromatic N) is 2. The smallest absolute Gasteiger partial charge is 0.162 e. The van der Waals surface area contributed by atoms with Crippen molar-refractivity contribution in [3.05, 3.63) is 16.0 Å². The number of aromatic nitrogens is 2. The van der Waals surface area contributed by atoms with Crippen LogP contribution in [-0.2, 0) is 16.8 Å². The second-order valence-electron chi connectivity index (χ2n) is 4.45. The monoisotopic (exact) mass is 299 g/mol. The third-order valence-corrected chi connectivity index (χ3v) is 4.35. The second-order valence-corrected chi connectivity index (χ2v) is 5.25. The number of nitrogens with two attached hydrogens (primary N) is 1. The SMILES string of the molecule is CCc1nc(C2(OC)CCCC2)nc(N)c1Br. The molecule has 0 spiro atoms. The molecule has 5 heteroatoms. The Hall–Kier alpha value is -0.680. The number of halogens is 1. The Morgan fingerprint density at radius 2 is 2.00 bits per heavy atom. The van der Waals surface area contributed by atoms with Gasteiger partial charge in [-0.1, -0.05) is 6.92 Å². The van der Waals surface area contributed by atoms with Gasteiger partial charge in [0.25, 0.3) is 0 Å². The summed E-state index contributed by atoms with van der Waals surface area (Å²) >= 11 is 3.43. The van der Waals surface area contributed by atoms with Crippen molar-refractivity contribution < 1.29 is 4.74 Å². The van der Waals surface area contributed by atoms with E-state index in [4.69, 9.17) is 10.5 Å². The summed E-state index contributed by atoms with van der Waals surface area (Å²) in [6, 6.07) is 0. The molecule has 4 nitrogen and oxygen atoms in total. The summed E-state index contributed by atoms with van der Waals surface area (Å²) in [5, 5.41) is 0. The van der Waals surface area contributed by atoms with E-state index in [0.29, 0.717) is 5.82 Å². The van der Waals surface area contributed by atoms with Crippen molar-refractivity contribution in [1.29, 1.82) is 0 Å². The molecular weight excluding hydrogens is 282 g/mol. The molecule has 0 bridgehead atoms. The van der Waals surface area contributed by atoms with Gasteiger partial charge in [-0.15, -0.1) is 0 Å². The van der Waals surface area contributed by atoms with Crippen molar-refractivity contribution in [1.82, 2.24) is 9.97 Å². The Kier molecular flexibility index (Phi) is 3.68. The van der Waals surface area contributed by atoms with Crippen LogP contribution in [0.25, 0.3) is 0 Å². The number of rotatable bonds is 3. The lowest BCUT2D eigenvalue weighted by Crippen LogP contribution is -2.28. The van der Waals surface area contributed by atoms with Crippen LogP contribution in [0.3, 0.4) is 0 Å². The van der Waals surface area contributed by atoms with Gasteiger partial charge in [-0.3, -0.25) is 0 Å². The standard InChI is InChI=1S/C12H18BrN3O/c1-3-8-9(13)10(14)16-11(15-8)12(17-2)6-4-5-7-12/h3-7H2,1-2H3,(H2,14,15,16). The van der Waals surface area contributed by atoms with Crippen LogP contribution in [0.1, 0.15) is 44.1 Å². The molecule has 1 saturated carbocycles. The molecule has 1 aromatic rings. The van der Waals surface area contributed by atoms with E-state index in [2.05, 4.69) is 32.8 Å². The lowest BCUT2D eigenvalue weighted by Gasteiger charge is -2.26. The van der Waals surface area contributed by atoms with Gasteiger partial charge in [-0.2, -0.15) is 0 Å². The molecule has 94 valence electrons. The number of aryl methyl sites for hydroxylation is 1. The Bertz CT molecular complexity index is 416. The van der Waals surface area contributed by atoms with Gasteiger partial charge in [-0.25, -0.2) is 9.97 Å². The number of hydrogen-bond donors (Lipinski definition) is 1. The molecule has 1 heterocycles. The summed E-state index contributed by atoms with van der Waals surface area (Å²) in [6.45, 7) is 2.06. The molecule has 1 aromatic heterocycles. The van der Waals surface area contributed by atoms with Crippen LogP contribution in [0.15, 0.2) is 4.47 Å². The molecule has 2 rings (SSSR count). The van der Waals surface area contributed by atoms with E-state index in [0.717, 1.165) is 48.1 Å². The summed E-state index contributed by atoms with van der Waals surface area (Å²) in [6.07, 6.45) is 5.12. The Morgan fingerprint density at radius 1 is 1.35 bits per heavy atom. The van der Waals surface area contributed by atoms with Gasteiger partial charge in [0.1, 0.15) is 11.4 Å². The summed E-state index contributed by atoms with van der Waals surface area (Å²) in [7, 11) is 1.73. The van der Waals surface area contributed by atoms with Gasteiger partial charge in [0.05, 0.1) is 10.2 Å². The molecular formula is C12H18BrN3O. The molecule has 0 unspecified atom stereocenters. The minimum atomic E-state index is -0.321. The molecule has 0 aliphatic heterocycles. The maximum Gasteiger partial charge on any atom is 0.162 e. The first kappa shape index (κ1) is 12.8. The largest absolute Gasteiger partial charge is 0.383 e. The normalized spacial score (nSPS) is 18.5.